The largest absolute Gasteiger partial charge is 0.530 e. The summed E-state index contributed by atoms with van der Waals surface area (Å²) in [5.74, 6) is -2.61. The zero-order valence-corrected chi connectivity index (χ0v) is 21.4. The van der Waals surface area contributed by atoms with Crippen LogP contribution in [0.3, 0.4) is 0 Å². The number of benzene rings is 3. The molecule has 4 aromatic rings. The van der Waals surface area contributed by atoms with E-state index in [0.29, 0.717) is 38.1 Å². The molecule has 0 radical (unpaired) electrons. The summed E-state index contributed by atoms with van der Waals surface area (Å²) < 4.78 is 32.9. The molecule has 2 heterocycles. The Hall–Kier alpha value is -3.62. The molecule has 0 atom stereocenters. The number of furan rings is 1. The number of rotatable bonds is 5. The Labute approximate surface area is 226 Å². The van der Waals surface area contributed by atoms with Crippen LogP contribution in [0.2, 0.25) is 10.0 Å². The lowest BCUT2D eigenvalue weighted by Crippen LogP contribution is -2.42. The Bertz CT molecular complexity index is 1510. The van der Waals surface area contributed by atoms with Gasteiger partial charge in [0.2, 0.25) is 0 Å². The van der Waals surface area contributed by atoms with Crippen molar-refractivity contribution in [1.29, 1.82) is 0 Å². The first-order valence-corrected chi connectivity index (χ1v) is 12.6. The average molecular weight is 558 g/mol. The number of likely N-dealkylation sites (tertiary alicyclic amines) is 1. The molecule has 0 saturated carbocycles. The summed E-state index contributed by atoms with van der Waals surface area (Å²) in [5.41, 5.74) is 3.95. The summed E-state index contributed by atoms with van der Waals surface area (Å²) in [6.07, 6.45) is -2.09. The predicted molar refractivity (Wildman–Crippen MR) is 139 cm³/mol. The second-order valence-electron chi connectivity index (χ2n) is 9.18. The molecule has 1 aliphatic heterocycles. The molecular formula is C28H21Cl2F2N2O4-. The van der Waals surface area contributed by atoms with Gasteiger partial charge in [0.1, 0.15) is 17.4 Å². The summed E-state index contributed by atoms with van der Waals surface area (Å²) in [5, 5.41) is 14.6. The monoisotopic (exact) mass is 557 g/mol. The van der Waals surface area contributed by atoms with Crippen LogP contribution in [0.15, 0.2) is 65.1 Å². The van der Waals surface area contributed by atoms with Gasteiger partial charge >= 0.3 is 0 Å². The molecule has 1 fully saturated rings. The number of fused-ring (bicyclic) bond motifs is 1. The van der Waals surface area contributed by atoms with Gasteiger partial charge in [-0.2, -0.15) is 0 Å². The number of piperidine rings is 1. The van der Waals surface area contributed by atoms with E-state index in [1.165, 1.54) is 4.90 Å². The number of carbonyl (C=O) groups excluding carboxylic acids is 2. The highest BCUT2D eigenvalue weighted by molar-refractivity contribution is 6.35. The van der Waals surface area contributed by atoms with E-state index in [9.17, 15) is 23.5 Å². The van der Waals surface area contributed by atoms with Crippen molar-refractivity contribution in [3.05, 3.63) is 82.0 Å². The first-order valence-electron chi connectivity index (χ1n) is 11.8. The van der Waals surface area contributed by atoms with Gasteiger partial charge in [0.25, 0.3) is 11.8 Å². The molecule has 2 amide bonds. The van der Waals surface area contributed by atoms with Crippen molar-refractivity contribution in [3.63, 3.8) is 0 Å². The molecule has 0 spiro atoms. The Morgan fingerprint density at radius 2 is 1.58 bits per heavy atom. The van der Waals surface area contributed by atoms with Crippen LogP contribution in [0.25, 0.3) is 33.2 Å². The lowest BCUT2D eigenvalue weighted by atomic mass is 9.96. The van der Waals surface area contributed by atoms with E-state index < -0.39 is 12.0 Å². The van der Waals surface area contributed by atoms with E-state index >= 15 is 0 Å². The number of amides is 2. The highest BCUT2D eigenvalue weighted by atomic mass is 35.5. The molecule has 1 aromatic heterocycles. The van der Waals surface area contributed by atoms with Crippen molar-refractivity contribution < 1.29 is 27.9 Å². The Morgan fingerprint density at radius 3 is 2.21 bits per heavy atom. The number of hydrogen-bond acceptors (Lipinski definition) is 4. The van der Waals surface area contributed by atoms with E-state index in [0.717, 1.165) is 16.5 Å². The molecule has 0 aliphatic carbocycles. The van der Waals surface area contributed by atoms with Crippen LogP contribution >= 0.6 is 23.2 Å². The third-order valence-electron chi connectivity index (χ3n) is 6.50. The molecule has 1 saturated heterocycles. The van der Waals surface area contributed by atoms with Crippen molar-refractivity contribution in [2.75, 3.05) is 13.1 Å². The standard InChI is InChI=1S/C28H22Cl2F2N2O4/c29-21-10-19(11-22(30)14-21)24-13-18(9-20-12-23(38-25(20)24)15-33-27(36)37)16-1-3-17(4-2-16)26(35)34-7-5-28(31,32)6-8-34/h1-4,9-14,33H,5-8,15H2,(H,36,37)/p-1. The van der Waals surface area contributed by atoms with Crippen molar-refractivity contribution in [2.45, 2.75) is 25.3 Å². The molecule has 10 heteroatoms. The summed E-state index contributed by atoms with van der Waals surface area (Å²) in [6.45, 7) is -0.0296. The van der Waals surface area contributed by atoms with E-state index in [1.807, 2.05) is 12.1 Å². The second kappa shape index (κ2) is 10.3. The van der Waals surface area contributed by atoms with Crippen LogP contribution in [-0.2, 0) is 6.54 Å². The zero-order chi connectivity index (χ0) is 27.0. The van der Waals surface area contributed by atoms with Crippen molar-refractivity contribution in [2.24, 2.45) is 0 Å². The fourth-order valence-electron chi connectivity index (χ4n) is 4.57. The van der Waals surface area contributed by atoms with Crippen molar-refractivity contribution in [3.8, 4) is 22.3 Å². The highest BCUT2D eigenvalue weighted by Crippen LogP contribution is 2.38. The van der Waals surface area contributed by atoms with Crippen LogP contribution < -0.4 is 10.4 Å². The van der Waals surface area contributed by atoms with Gasteiger partial charge in [0.15, 0.2) is 0 Å². The second-order valence-corrected chi connectivity index (χ2v) is 10.1. The fourth-order valence-corrected chi connectivity index (χ4v) is 5.09. The van der Waals surface area contributed by atoms with Crippen LogP contribution in [0.4, 0.5) is 13.6 Å². The van der Waals surface area contributed by atoms with E-state index in [2.05, 4.69) is 5.32 Å². The summed E-state index contributed by atoms with van der Waals surface area (Å²) in [7, 11) is 0. The molecule has 1 N–H and O–H groups in total. The lowest BCUT2D eigenvalue weighted by Gasteiger charge is -2.31. The van der Waals surface area contributed by atoms with Gasteiger partial charge in [-0.3, -0.25) is 4.79 Å². The number of alkyl halides is 2. The van der Waals surface area contributed by atoms with Crippen LogP contribution in [0.1, 0.15) is 29.0 Å². The Balaban J connectivity index is 1.50. The first kappa shape index (κ1) is 26.0. The maximum Gasteiger partial charge on any atom is 0.253 e. The fraction of sp³-hybridized carbons (Fsp3) is 0.214. The van der Waals surface area contributed by atoms with Gasteiger partial charge < -0.3 is 24.5 Å². The van der Waals surface area contributed by atoms with E-state index in [-0.39, 0.29) is 38.4 Å². The molecular weight excluding hydrogens is 537 g/mol. The molecule has 0 unspecified atom stereocenters. The van der Waals surface area contributed by atoms with Gasteiger partial charge in [0, 0.05) is 52.5 Å². The summed E-state index contributed by atoms with van der Waals surface area (Å²) in [6, 6.07) is 17.6. The van der Waals surface area contributed by atoms with Crippen molar-refractivity contribution in [1.82, 2.24) is 10.2 Å². The molecule has 6 nitrogen and oxygen atoms in total. The van der Waals surface area contributed by atoms with Gasteiger partial charge in [-0.15, -0.1) is 0 Å². The third kappa shape index (κ3) is 5.61. The normalized spacial score (nSPS) is 15.0. The van der Waals surface area contributed by atoms with Gasteiger partial charge in [-0.1, -0.05) is 35.3 Å². The molecule has 1 aliphatic rings. The lowest BCUT2D eigenvalue weighted by molar-refractivity contribution is -0.251. The average Bonchev–Trinajstić information content (AvgIpc) is 3.29. The number of carbonyl (C=O) groups is 2. The molecule has 196 valence electrons. The summed E-state index contributed by atoms with van der Waals surface area (Å²) in [4.78, 5) is 25.1. The molecule has 3 aromatic carbocycles. The Kier molecular flexibility index (Phi) is 7.03. The SMILES string of the molecule is O=C([O-])NCc1cc2cc(-c3ccc(C(=O)N4CCC(F)(F)CC4)cc3)cc(-c3cc(Cl)cc(Cl)c3)c2o1. The number of nitrogens with one attached hydrogen (secondary N) is 1. The molecule has 38 heavy (non-hydrogen) atoms. The van der Waals surface area contributed by atoms with Crippen LogP contribution in [0.5, 0.6) is 0 Å². The van der Waals surface area contributed by atoms with Crippen LogP contribution in [0, 0.1) is 0 Å². The topological polar surface area (TPSA) is 85.6 Å². The zero-order valence-electron chi connectivity index (χ0n) is 19.9. The quantitative estimate of drug-likeness (QED) is 0.308. The number of halogens is 4. The first-order chi connectivity index (χ1) is 18.1. The third-order valence-corrected chi connectivity index (χ3v) is 6.93. The Morgan fingerprint density at radius 1 is 0.921 bits per heavy atom. The van der Waals surface area contributed by atoms with Crippen LogP contribution in [-0.4, -0.2) is 35.9 Å². The minimum atomic E-state index is -2.72. The number of nitrogens with zero attached hydrogens (tertiary/aromatic N) is 1. The van der Waals surface area contributed by atoms with E-state index in [1.54, 1.807) is 48.5 Å². The maximum atomic E-state index is 13.5. The van der Waals surface area contributed by atoms with Gasteiger partial charge in [0.05, 0.1) is 6.54 Å². The number of carboxylic acid groups (broad SMARTS) is 1. The maximum absolute atomic E-state index is 13.5. The number of hydrogen-bond donors (Lipinski definition) is 1. The minimum Gasteiger partial charge on any atom is -0.530 e. The summed E-state index contributed by atoms with van der Waals surface area (Å²) >= 11 is 12.5. The highest BCUT2D eigenvalue weighted by Gasteiger charge is 2.35. The minimum absolute atomic E-state index is 0.0193. The van der Waals surface area contributed by atoms with E-state index in [4.69, 9.17) is 27.6 Å². The molecule has 5 rings (SSSR count). The molecule has 0 bridgehead atoms. The van der Waals surface area contributed by atoms with Gasteiger partial charge in [-0.25, -0.2) is 8.78 Å². The van der Waals surface area contributed by atoms with Gasteiger partial charge in [-0.05, 0) is 65.2 Å². The smallest absolute Gasteiger partial charge is 0.253 e. The van der Waals surface area contributed by atoms with Crippen molar-refractivity contribution >= 4 is 46.2 Å². The predicted octanol–water partition coefficient (Wildman–Crippen LogP) is 6.38.